The third-order valence-corrected chi connectivity index (χ3v) is 3.12. The molecule has 3 nitrogen and oxygen atoms in total. The molecule has 1 heterocycles. The quantitative estimate of drug-likeness (QED) is 0.639. The predicted octanol–water partition coefficient (Wildman–Crippen LogP) is 3.30. The van der Waals surface area contributed by atoms with Crippen LogP contribution < -0.4 is 4.89 Å². The first-order chi connectivity index (χ1) is 7.13. The van der Waals surface area contributed by atoms with Crippen LogP contribution in [0.25, 0.3) is 10.8 Å². The summed E-state index contributed by atoms with van der Waals surface area (Å²) in [7, 11) is 0. The molecule has 1 aromatic carbocycles. The van der Waals surface area contributed by atoms with Gasteiger partial charge in [-0.15, -0.1) is 0 Å². The predicted molar refractivity (Wildman–Crippen MR) is 57.4 cm³/mol. The van der Waals surface area contributed by atoms with Crippen molar-refractivity contribution in [2.75, 3.05) is 0 Å². The summed E-state index contributed by atoms with van der Waals surface area (Å²) >= 11 is 3.35. The first kappa shape index (κ1) is 10.3. The van der Waals surface area contributed by atoms with Crippen LogP contribution in [0.5, 0.6) is 5.88 Å². The van der Waals surface area contributed by atoms with E-state index in [0.29, 0.717) is 11.1 Å². The summed E-state index contributed by atoms with van der Waals surface area (Å²) in [5, 5.41) is 9.81. The minimum absolute atomic E-state index is 0.00481. The van der Waals surface area contributed by atoms with E-state index >= 15 is 0 Å². The fourth-order valence-corrected chi connectivity index (χ4v) is 1.85. The van der Waals surface area contributed by atoms with Gasteiger partial charge >= 0.3 is 0 Å². The highest BCUT2D eigenvalue weighted by atomic mass is 79.9. The average Bonchev–Trinajstić information content (AvgIpc) is 2.23. The van der Waals surface area contributed by atoms with Crippen molar-refractivity contribution in [2.24, 2.45) is 0 Å². The zero-order valence-corrected chi connectivity index (χ0v) is 9.38. The Morgan fingerprint density at radius 2 is 2.13 bits per heavy atom. The van der Waals surface area contributed by atoms with E-state index in [1.807, 2.05) is 0 Å². The second kappa shape index (κ2) is 3.75. The Hall–Kier alpha value is -1.20. The first-order valence-electron chi connectivity index (χ1n) is 4.20. The lowest BCUT2D eigenvalue weighted by molar-refractivity contribution is -0.140. The van der Waals surface area contributed by atoms with Crippen LogP contribution in [0, 0.1) is 12.7 Å². The minimum Gasteiger partial charge on any atom is -0.319 e. The highest BCUT2D eigenvalue weighted by Crippen LogP contribution is 2.32. The van der Waals surface area contributed by atoms with E-state index in [2.05, 4.69) is 25.8 Å². The van der Waals surface area contributed by atoms with Crippen molar-refractivity contribution in [3.63, 3.8) is 0 Å². The van der Waals surface area contributed by atoms with Gasteiger partial charge in [0.2, 0.25) is 0 Å². The number of halogens is 2. The third-order valence-electron chi connectivity index (χ3n) is 2.12. The Morgan fingerprint density at radius 3 is 2.80 bits per heavy atom. The highest BCUT2D eigenvalue weighted by molar-refractivity contribution is 9.10. The molecule has 0 atom stereocenters. The van der Waals surface area contributed by atoms with Gasteiger partial charge in [-0.2, -0.15) is 0 Å². The maximum absolute atomic E-state index is 13.0. The Labute approximate surface area is 93.6 Å². The normalized spacial score (nSPS) is 10.7. The molecule has 0 saturated heterocycles. The maximum atomic E-state index is 13.0. The smallest absolute Gasteiger partial charge is 0.264 e. The van der Waals surface area contributed by atoms with Gasteiger partial charge in [-0.1, -0.05) is 6.07 Å². The van der Waals surface area contributed by atoms with E-state index in [9.17, 15) is 4.39 Å². The van der Waals surface area contributed by atoms with Crippen LogP contribution in [-0.4, -0.2) is 10.2 Å². The first-order valence-corrected chi connectivity index (χ1v) is 4.99. The molecule has 1 N–H and O–H groups in total. The third kappa shape index (κ3) is 1.68. The maximum Gasteiger partial charge on any atom is 0.264 e. The number of aryl methyl sites for hydroxylation is 1. The van der Waals surface area contributed by atoms with E-state index in [4.69, 9.17) is 5.26 Å². The molecule has 0 spiro atoms. The molecule has 0 amide bonds. The topological polar surface area (TPSA) is 42.4 Å². The summed E-state index contributed by atoms with van der Waals surface area (Å²) in [6.07, 6.45) is 0. The molecule has 0 saturated carbocycles. The fourth-order valence-electron chi connectivity index (χ4n) is 1.41. The summed E-state index contributed by atoms with van der Waals surface area (Å²) in [5.74, 6) is -0.399. The van der Waals surface area contributed by atoms with Gasteiger partial charge in [0.25, 0.3) is 5.88 Å². The number of fused-ring (bicyclic) bond motifs is 1. The van der Waals surface area contributed by atoms with Gasteiger partial charge in [0, 0.05) is 9.86 Å². The molecule has 5 heteroatoms. The number of benzene rings is 1. The van der Waals surface area contributed by atoms with Crippen molar-refractivity contribution in [3.8, 4) is 5.88 Å². The van der Waals surface area contributed by atoms with Crippen LogP contribution in [-0.2, 0) is 0 Å². The SMILES string of the molecule is Cc1nc(OO)c2cc(F)ccc2c1Br. The van der Waals surface area contributed by atoms with Gasteiger partial charge < -0.3 is 4.89 Å². The molecule has 2 rings (SSSR count). The van der Waals surface area contributed by atoms with Crippen molar-refractivity contribution in [1.29, 1.82) is 0 Å². The molecule has 0 aliphatic rings. The Kier molecular flexibility index (Phi) is 2.58. The summed E-state index contributed by atoms with van der Waals surface area (Å²) < 4.78 is 13.8. The monoisotopic (exact) mass is 271 g/mol. The molecule has 0 unspecified atom stereocenters. The van der Waals surface area contributed by atoms with Crippen LogP contribution in [0.15, 0.2) is 22.7 Å². The lowest BCUT2D eigenvalue weighted by Crippen LogP contribution is -1.94. The van der Waals surface area contributed by atoms with Crippen LogP contribution in [0.2, 0.25) is 0 Å². The van der Waals surface area contributed by atoms with Crippen LogP contribution in [0.4, 0.5) is 4.39 Å². The largest absolute Gasteiger partial charge is 0.319 e. The van der Waals surface area contributed by atoms with Crippen molar-refractivity contribution >= 4 is 26.7 Å². The average molecular weight is 272 g/mol. The van der Waals surface area contributed by atoms with Crippen molar-refractivity contribution < 1.29 is 14.5 Å². The molecule has 1 aromatic heterocycles. The van der Waals surface area contributed by atoms with Crippen molar-refractivity contribution in [1.82, 2.24) is 4.98 Å². The molecular formula is C10H7BrFNO2. The van der Waals surface area contributed by atoms with Gasteiger partial charge in [-0.25, -0.2) is 14.6 Å². The number of hydrogen-bond donors (Lipinski definition) is 1. The molecule has 0 fully saturated rings. The van der Waals surface area contributed by atoms with Crippen molar-refractivity contribution in [3.05, 3.63) is 34.2 Å². The number of aromatic nitrogens is 1. The van der Waals surface area contributed by atoms with Gasteiger partial charge in [0.15, 0.2) is 0 Å². The van der Waals surface area contributed by atoms with E-state index < -0.39 is 5.82 Å². The lowest BCUT2D eigenvalue weighted by atomic mass is 10.1. The summed E-state index contributed by atoms with van der Waals surface area (Å²) in [5.41, 5.74) is 0.665. The lowest BCUT2D eigenvalue weighted by Gasteiger charge is -2.07. The van der Waals surface area contributed by atoms with Gasteiger partial charge in [-0.3, -0.25) is 0 Å². The molecular weight excluding hydrogens is 265 g/mol. The summed E-state index contributed by atoms with van der Waals surface area (Å²) in [6, 6.07) is 4.21. The zero-order valence-electron chi connectivity index (χ0n) is 7.79. The van der Waals surface area contributed by atoms with E-state index in [0.717, 1.165) is 9.86 Å². The molecule has 2 aromatic rings. The van der Waals surface area contributed by atoms with Gasteiger partial charge in [-0.05, 0) is 35.0 Å². The summed E-state index contributed by atoms with van der Waals surface area (Å²) in [6.45, 7) is 1.76. The minimum atomic E-state index is -0.404. The van der Waals surface area contributed by atoms with Crippen molar-refractivity contribution in [2.45, 2.75) is 6.92 Å². The molecule has 0 aliphatic carbocycles. The standard InChI is InChI=1S/C10H7BrFNO2/c1-5-9(11)7-3-2-6(12)4-8(7)10(13-5)15-14/h2-4,14H,1H3. The Balaban J connectivity index is 2.90. The number of rotatable bonds is 1. The highest BCUT2D eigenvalue weighted by Gasteiger charge is 2.11. The zero-order chi connectivity index (χ0) is 11.0. The number of pyridine rings is 1. The Bertz CT molecular complexity index is 530. The summed E-state index contributed by atoms with van der Waals surface area (Å²) in [4.78, 5) is 8.09. The molecule has 15 heavy (non-hydrogen) atoms. The van der Waals surface area contributed by atoms with Crippen LogP contribution >= 0.6 is 15.9 Å². The van der Waals surface area contributed by atoms with E-state index in [-0.39, 0.29) is 5.88 Å². The fraction of sp³-hybridized carbons (Fsp3) is 0.100. The molecule has 0 aliphatic heterocycles. The second-order valence-electron chi connectivity index (χ2n) is 3.10. The number of hydrogen-bond acceptors (Lipinski definition) is 3. The number of nitrogens with zero attached hydrogens (tertiary/aromatic N) is 1. The molecule has 0 bridgehead atoms. The van der Waals surface area contributed by atoms with E-state index in [1.54, 1.807) is 13.0 Å². The molecule has 0 radical (unpaired) electrons. The van der Waals surface area contributed by atoms with Crippen LogP contribution in [0.1, 0.15) is 5.69 Å². The second-order valence-corrected chi connectivity index (χ2v) is 3.89. The Morgan fingerprint density at radius 1 is 1.40 bits per heavy atom. The van der Waals surface area contributed by atoms with Crippen LogP contribution in [0.3, 0.4) is 0 Å². The van der Waals surface area contributed by atoms with E-state index in [1.165, 1.54) is 12.1 Å². The van der Waals surface area contributed by atoms with Gasteiger partial charge in [0.1, 0.15) is 5.82 Å². The van der Waals surface area contributed by atoms with Gasteiger partial charge in [0.05, 0.1) is 11.1 Å². The molecule has 78 valence electrons.